The third-order valence-electron chi connectivity index (χ3n) is 3.97. The van der Waals surface area contributed by atoms with Crippen LogP contribution in [0.5, 0.6) is 0 Å². The molecule has 4 N–H and O–H groups in total. The number of amides is 1. The van der Waals surface area contributed by atoms with Gasteiger partial charge in [-0.15, -0.1) is 0 Å². The summed E-state index contributed by atoms with van der Waals surface area (Å²) in [5.74, 6) is 0.356. The third kappa shape index (κ3) is 3.21. The predicted molar refractivity (Wildman–Crippen MR) is 68.5 cm³/mol. The zero-order valence-electron chi connectivity index (χ0n) is 10.4. The van der Waals surface area contributed by atoms with Crippen LogP contribution in [0.4, 0.5) is 0 Å². The Morgan fingerprint density at radius 1 is 1.22 bits per heavy atom. The number of nitrogens with zero attached hydrogens (tertiary/aromatic N) is 1. The molecule has 7 heteroatoms. The maximum Gasteiger partial charge on any atom is 0.217 e. The highest BCUT2D eigenvalue weighted by Gasteiger charge is 2.39. The summed E-state index contributed by atoms with van der Waals surface area (Å²) < 4.78 is 23.1. The van der Waals surface area contributed by atoms with E-state index in [2.05, 4.69) is 4.90 Å². The zero-order valence-corrected chi connectivity index (χ0v) is 11.2. The van der Waals surface area contributed by atoms with Crippen molar-refractivity contribution < 1.29 is 13.2 Å². The van der Waals surface area contributed by atoms with Crippen LogP contribution >= 0.6 is 0 Å². The molecule has 2 aliphatic heterocycles. The van der Waals surface area contributed by atoms with Crippen molar-refractivity contribution in [2.75, 3.05) is 24.6 Å². The van der Waals surface area contributed by atoms with E-state index in [4.69, 9.17) is 11.5 Å². The highest BCUT2D eigenvalue weighted by atomic mass is 32.2. The Morgan fingerprint density at radius 3 is 2.28 bits per heavy atom. The van der Waals surface area contributed by atoms with Gasteiger partial charge in [-0.3, -0.25) is 9.69 Å². The van der Waals surface area contributed by atoms with Crippen molar-refractivity contribution in [2.24, 2.45) is 17.4 Å². The highest BCUT2D eigenvalue weighted by molar-refractivity contribution is 7.91. The van der Waals surface area contributed by atoms with E-state index in [1.165, 1.54) is 0 Å². The lowest BCUT2D eigenvalue weighted by Gasteiger charge is -2.36. The van der Waals surface area contributed by atoms with E-state index >= 15 is 0 Å². The maximum absolute atomic E-state index is 11.5. The molecule has 104 valence electrons. The molecule has 18 heavy (non-hydrogen) atoms. The van der Waals surface area contributed by atoms with Crippen LogP contribution in [0.15, 0.2) is 0 Å². The summed E-state index contributed by atoms with van der Waals surface area (Å²) in [7, 11) is -2.97. The van der Waals surface area contributed by atoms with E-state index < -0.39 is 9.84 Å². The first-order valence-electron chi connectivity index (χ1n) is 6.36. The number of sulfone groups is 1. The Bertz CT molecular complexity index is 415. The molecule has 0 aromatic rings. The van der Waals surface area contributed by atoms with Crippen LogP contribution in [0, 0.1) is 5.92 Å². The Hall–Kier alpha value is -0.660. The van der Waals surface area contributed by atoms with Crippen molar-refractivity contribution >= 4 is 15.7 Å². The topological polar surface area (TPSA) is 106 Å². The molecule has 2 aliphatic rings. The Kier molecular flexibility index (Phi) is 3.93. The monoisotopic (exact) mass is 275 g/mol. The molecule has 2 atom stereocenters. The van der Waals surface area contributed by atoms with E-state index in [0.717, 1.165) is 25.9 Å². The van der Waals surface area contributed by atoms with Crippen LogP contribution in [0.25, 0.3) is 0 Å². The van der Waals surface area contributed by atoms with Crippen LogP contribution in [-0.2, 0) is 14.6 Å². The summed E-state index contributed by atoms with van der Waals surface area (Å²) in [5, 5.41) is 0. The molecule has 0 spiro atoms. The van der Waals surface area contributed by atoms with Crippen LogP contribution in [0.2, 0.25) is 0 Å². The van der Waals surface area contributed by atoms with E-state index in [9.17, 15) is 13.2 Å². The predicted octanol–water partition coefficient (Wildman–Crippen LogP) is -1.30. The first kappa shape index (κ1) is 13.8. The number of likely N-dealkylation sites (tertiary alicyclic amines) is 1. The van der Waals surface area contributed by atoms with Crippen molar-refractivity contribution in [1.29, 1.82) is 0 Å². The summed E-state index contributed by atoms with van der Waals surface area (Å²) in [5.41, 5.74) is 11.1. The lowest BCUT2D eigenvalue weighted by molar-refractivity contribution is -0.119. The van der Waals surface area contributed by atoms with Crippen molar-refractivity contribution in [3.63, 3.8) is 0 Å². The quantitative estimate of drug-likeness (QED) is 0.665. The number of carbonyl (C=O) groups excluding carboxylic acids is 1. The van der Waals surface area contributed by atoms with Crippen LogP contribution < -0.4 is 11.5 Å². The molecule has 1 amide bonds. The zero-order chi connectivity index (χ0) is 13.3. The number of hydrogen-bond donors (Lipinski definition) is 2. The summed E-state index contributed by atoms with van der Waals surface area (Å²) in [6.07, 6.45) is 2.22. The summed E-state index contributed by atoms with van der Waals surface area (Å²) in [6, 6.07) is -0.327. The number of primary amides is 1. The van der Waals surface area contributed by atoms with Gasteiger partial charge in [-0.25, -0.2) is 8.42 Å². The second-order valence-electron chi connectivity index (χ2n) is 5.46. The van der Waals surface area contributed by atoms with Crippen molar-refractivity contribution in [2.45, 2.75) is 31.3 Å². The second-order valence-corrected chi connectivity index (χ2v) is 7.61. The third-order valence-corrected chi connectivity index (χ3v) is 5.72. The van der Waals surface area contributed by atoms with Crippen LogP contribution in [-0.4, -0.2) is 55.9 Å². The van der Waals surface area contributed by atoms with Gasteiger partial charge in [0.05, 0.1) is 11.5 Å². The van der Waals surface area contributed by atoms with E-state index in [1.807, 2.05) is 0 Å². The summed E-state index contributed by atoms with van der Waals surface area (Å²) >= 11 is 0. The molecule has 0 aliphatic carbocycles. The molecule has 2 rings (SSSR count). The molecule has 2 saturated heterocycles. The molecule has 0 aromatic heterocycles. The van der Waals surface area contributed by atoms with Gasteiger partial charge in [-0.1, -0.05) is 0 Å². The molecular weight excluding hydrogens is 254 g/mol. The van der Waals surface area contributed by atoms with Gasteiger partial charge in [0.25, 0.3) is 0 Å². The van der Waals surface area contributed by atoms with E-state index in [-0.39, 0.29) is 29.5 Å². The van der Waals surface area contributed by atoms with Gasteiger partial charge in [0.1, 0.15) is 0 Å². The highest BCUT2D eigenvalue weighted by Crippen LogP contribution is 2.25. The van der Waals surface area contributed by atoms with Gasteiger partial charge in [0.2, 0.25) is 5.91 Å². The fourth-order valence-corrected chi connectivity index (χ4v) is 4.93. The molecule has 2 unspecified atom stereocenters. The van der Waals surface area contributed by atoms with Gasteiger partial charge in [-0.2, -0.15) is 0 Å². The smallest absolute Gasteiger partial charge is 0.217 e. The Balaban J connectivity index is 1.88. The molecule has 0 aromatic carbocycles. The molecule has 6 nitrogen and oxygen atoms in total. The van der Waals surface area contributed by atoms with Crippen molar-refractivity contribution in [3.8, 4) is 0 Å². The lowest BCUT2D eigenvalue weighted by atomic mass is 9.92. The number of hydrogen-bond acceptors (Lipinski definition) is 5. The largest absolute Gasteiger partial charge is 0.370 e. The van der Waals surface area contributed by atoms with Gasteiger partial charge >= 0.3 is 0 Å². The standard InChI is InChI=1S/C11H21N3O3S/c12-9-6-18(16,17)7-10(9)14-3-1-8(2-4-14)5-11(13)15/h8-10H,1-7,12H2,(H2,13,15). The molecule has 2 heterocycles. The SMILES string of the molecule is NC(=O)CC1CCN(C2CS(=O)(=O)CC2N)CC1. The minimum Gasteiger partial charge on any atom is -0.370 e. The average molecular weight is 275 g/mol. The fourth-order valence-electron chi connectivity index (χ4n) is 3.01. The number of nitrogens with two attached hydrogens (primary N) is 2. The lowest BCUT2D eigenvalue weighted by Crippen LogP contribution is -2.50. The Labute approximate surface area is 108 Å². The first-order valence-corrected chi connectivity index (χ1v) is 8.18. The summed E-state index contributed by atoms with van der Waals surface area (Å²) in [4.78, 5) is 13.0. The molecular formula is C11H21N3O3S. The summed E-state index contributed by atoms with van der Waals surface area (Å²) in [6.45, 7) is 1.62. The van der Waals surface area contributed by atoms with Gasteiger partial charge in [0, 0.05) is 18.5 Å². The number of rotatable bonds is 3. The van der Waals surface area contributed by atoms with Crippen molar-refractivity contribution in [1.82, 2.24) is 4.90 Å². The second kappa shape index (κ2) is 5.14. The number of piperidine rings is 1. The van der Waals surface area contributed by atoms with Gasteiger partial charge in [-0.05, 0) is 31.8 Å². The van der Waals surface area contributed by atoms with Gasteiger partial charge in [0.15, 0.2) is 9.84 Å². The van der Waals surface area contributed by atoms with E-state index in [1.54, 1.807) is 0 Å². The molecule has 2 fully saturated rings. The minimum absolute atomic E-state index is 0.0514. The van der Waals surface area contributed by atoms with Crippen LogP contribution in [0.3, 0.4) is 0 Å². The maximum atomic E-state index is 11.5. The fraction of sp³-hybridized carbons (Fsp3) is 0.909. The van der Waals surface area contributed by atoms with Gasteiger partial charge < -0.3 is 11.5 Å². The Morgan fingerprint density at radius 2 is 1.83 bits per heavy atom. The minimum atomic E-state index is -2.97. The van der Waals surface area contributed by atoms with Crippen LogP contribution in [0.1, 0.15) is 19.3 Å². The molecule has 0 bridgehead atoms. The van der Waals surface area contributed by atoms with E-state index in [0.29, 0.717) is 12.3 Å². The van der Waals surface area contributed by atoms with Crippen molar-refractivity contribution in [3.05, 3.63) is 0 Å². The normalized spacial score (nSPS) is 33.6. The molecule has 0 radical (unpaired) electrons. The molecule has 0 saturated carbocycles. The first-order chi connectivity index (χ1) is 8.37. The number of carbonyl (C=O) groups is 1. The average Bonchev–Trinajstić information content (AvgIpc) is 2.52.